The number of halogens is 3. The highest BCUT2D eigenvalue weighted by atomic mass is 19.4. The van der Waals surface area contributed by atoms with Crippen molar-refractivity contribution in [2.24, 2.45) is 5.92 Å². The summed E-state index contributed by atoms with van der Waals surface area (Å²) < 4.78 is 39.3. The molecule has 1 unspecified atom stereocenters. The first-order valence-corrected chi connectivity index (χ1v) is 4.51. The predicted molar refractivity (Wildman–Crippen MR) is 46.0 cm³/mol. The van der Waals surface area contributed by atoms with Crippen LogP contribution in [0.2, 0.25) is 0 Å². The number of hydrogen-bond donors (Lipinski definition) is 0. The number of carbonyl (C=O) groups excluding carboxylic acids is 1. The molecule has 0 aromatic heterocycles. The van der Waals surface area contributed by atoms with Crippen molar-refractivity contribution in [3.63, 3.8) is 0 Å². The van der Waals surface area contributed by atoms with Gasteiger partial charge in [-0.1, -0.05) is 6.92 Å². The maximum Gasteiger partial charge on any atom is 0.411 e. The number of hydrogen-bond acceptors (Lipinski definition) is 2. The van der Waals surface area contributed by atoms with Crippen LogP contribution >= 0.6 is 0 Å². The molecule has 2 nitrogen and oxygen atoms in total. The monoisotopic (exact) mass is 212 g/mol. The Hall–Kier alpha value is -0.580. The Labute approximate surface area is 81.4 Å². The molecule has 0 N–H and O–H groups in total. The van der Waals surface area contributed by atoms with Gasteiger partial charge in [0.05, 0.1) is 0 Å². The Morgan fingerprint density at radius 3 is 2.36 bits per heavy atom. The second kappa shape index (κ2) is 6.01. The summed E-state index contributed by atoms with van der Waals surface area (Å²) in [5.74, 6) is -0.175. The standard InChI is InChI=1S/C9H15F3O2/c1-3-8(7(2)13)4-5-14-6-9(10,11)12/h8H,3-6H2,1-2H3. The Bertz CT molecular complexity index is 177. The Morgan fingerprint density at radius 2 is 2.00 bits per heavy atom. The molecule has 0 rings (SSSR count). The summed E-state index contributed by atoms with van der Waals surface area (Å²) >= 11 is 0. The van der Waals surface area contributed by atoms with Crippen LogP contribution in [0.25, 0.3) is 0 Å². The molecule has 0 saturated heterocycles. The van der Waals surface area contributed by atoms with E-state index in [4.69, 9.17) is 0 Å². The zero-order valence-electron chi connectivity index (χ0n) is 8.36. The minimum atomic E-state index is -4.28. The van der Waals surface area contributed by atoms with Gasteiger partial charge in [0.15, 0.2) is 0 Å². The molecule has 14 heavy (non-hydrogen) atoms. The van der Waals surface area contributed by atoms with Gasteiger partial charge in [0.1, 0.15) is 12.4 Å². The van der Waals surface area contributed by atoms with E-state index in [1.54, 1.807) is 0 Å². The van der Waals surface area contributed by atoms with Gasteiger partial charge in [0.2, 0.25) is 0 Å². The smallest absolute Gasteiger partial charge is 0.372 e. The molecule has 0 aliphatic carbocycles. The van der Waals surface area contributed by atoms with Crippen LogP contribution in [0.15, 0.2) is 0 Å². The van der Waals surface area contributed by atoms with Gasteiger partial charge in [-0.05, 0) is 19.8 Å². The van der Waals surface area contributed by atoms with Gasteiger partial charge in [-0.25, -0.2) is 0 Å². The molecular weight excluding hydrogens is 197 g/mol. The largest absolute Gasteiger partial charge is 0.411 e. The first kappa shape index (κ1) is 13.4. The average Bonchev–Trinajstić information content (AvgIpc) is 2.01. The van der Waals surface area contributed by atoms with Crippen molar-refractivity contribution in [1.29, 1.82) is 0 Å². The molecule has 5 heteroatoms. The summed E-state index contributed by atoms with van der Waals surface area (Å²) in [5, 5.41) is 0. The summed E-state index contributed by atoms with van der Waals surface area (Å²) in [6.07, 6.45) is -3.27. The third-order valence-electron chi connectivity index (χ3n) is 1.94. The van der Waals surface area contributed by atoms with Crippen molar-refractivity contribution in [1.82, 2.24) is 0 Å². The van der Waals surface area contributed by atoms with E-state index in [1.807, 2.05) is 6.92 Å². The van der Waals surface area contributed by atoms with Crippen LogP contribution in [0.3, 0.4) is 0 Å². The minimum Gasteiger partial charge on any atom is -0.372 e. The second-order valence-corrected chi connectivity index (χ2v) is 3.17. The lowest BCUT2D eigenvalue weighted by atomic mass is 9.99. The summed E-state index contributed by atoms with van der Waals surface area (Å²) in [4.78, 5) is 10.9. The van der Waals surface area contributed by atoms with E-state index in [-0.39, 0.29) is 18.3 Å². The van der Waals surface area contributed by atoms with Crippen molar-refractivity contribution in [2.75, 3.05) is 13.2 Å². The molecule has 84 valence electrons. The number of carbonyl (C=O) groups is 1. The van der Waals surface area contributed by atoms with E-state index >= 15 is 0 Å². The van der Waals surface area contributed by atoms with E-state index in [1.165, 1.54) is 6.92 Å². The molecule has 0 spiro atoms. The highest BCUT2D eigenvalue weighted by molar-refractivity contribution is 5.78. The molecule has 0 aliphatic heterocycles. The SMILES string of the molecule is CCC(CCOCC(F)(F)F)C(C)=O. The van der Waals surface area contributed by atoms with Gasteiger partial charge < -0.3 is 4.74 Å². The van der Waals surface area contributed by atoms with Gasteiger partial charge in [0, 0.05) is 12.5 Å². The van der Waals surface area contributed by atoms with Crippen LogP contribution < -0.4 is 0 Å². The second-order valence-electron chi connectivity index (χ2n) is 3.17. The average molecular weight is 212 g/mol. The molecular formula is C9H15F3O2. The van der Waals surface area contributed by atoms with Gasteiger partial charge in [-0.15, -0.1) is 0 Å². The summed E-state index contributed by atoms with van der Waals surface area (Å²) in [7, 11) is 0. The Kier molecular flexibility index (Phi) is 5.76. The molecule has 0 amide bonds. The number of alkyl halides is 3. The van der Waals surface area contributed by atoms with Crippen LogP contribution in [-0.4, -0.2) is 25.2 Å². The predicted octanol–water partition coefficient (Wildman–Crippen LogP) is 2.57. The van der Waals surface area contributed by atoms with Crippen molar-refractivity contribution in [3.8, 4) is 0 Å². The molecule has 0 aliphatic rings. The number of ether oxygens (including phenoxy) is 1. The fourth-order valence-corrected chi connectivity index (χ4v) is 1.11. The number of rotatable bonds is 6. The van der Waals surface area contributed by atoms with Crippen LogP contribution in [0.4, 0.5) is 13.2 Å². The fraction of sp³-hybridized carbons (Fsp3) is 0.889. The number of Topliss-reactive ketones (excluding diaryl/α,β-unsaturated/α-hetero) is 1. The summed E-state index contributed by atoms with van der Waals surface area (Å²) in [6.45, 7) is 2.02. The molecule has 0 saturated carbocycles. The third-order valence-corrected chi connectivity index (χ3v) is 1.94. The molecule has 0 aromatic carbocycles. The Morgan fingerprint density at radius 1 is 1.43 bits per heavy atom. The molecule has 0 radical (unpaired) electrons. The van der Waals surface area contributed by atoms with Crippen LogP contribution in [-0.2, 0) is 9.53 Å². The van der Waals surface area contributed by atoms with Crippen LogP contribution in [0.5, 0.6) is 0 Å². The lowest BCUT2D eigenvalue weighted by molar-refractivity contribution is -0.174. The van der Waals surface area contributed by atoms with Gasteiger partial charge in [0.25, 0.3) is 0 Å². The van der Waals surface area contributed by atoms with E-state index in [9.17, 15) is 18.0 Å². The van der Waals surface area contributed by atoms with Crippen molar-refractivity contribution >= 4 is 5.78 Å². The van der Waals surface area contributed by atoms with Gasteiger partial charge in [-0.2, -0.15) is 13.2 Å². The van der Waals surface area contributed by atoms with E-state index < -0.39 is 12.8 Å². The maximum absolute atomic E-state index is 11.6. The van der Waals surface area contributed by atoms with Crippen molar-refractivity contribution in [3.05, 3.63) is 0 Å². The van der Waals surface area contributed by atoms with Crippen LogP contribution in [0, 0.1) is 5.92 Å². The van der Waals surface area contributed by atoms with Crippen LogP contribution in [0.1, 0.15) is 26.7 Å². The normalized spacial score (nSPS) is 14.1. The summed E-state index contributed by atoms with van der Waals surface area (Å²) in [5.41, 5.74) is 0. The third kappa shape index (κ3) is 6.88. The zero-order chi connectivity index (χ0) is 11.2. The van der Waals surface area contributed by atoms with E-state index in [0.29, 0.717) is 12.8 Å². The molecule has 1 atom stereocenters. The van der Waals surface area contributed by atoms with Gasteiger partial charge in [-0.3, -0.25) is 4.79 Å². The first-order chi connectivity index (χ1) is 6.37. The van der Waals surface area contributed by atoms with Crippen molar-refractivity contribution in [2.45, 2.75) is 32.9 Å². The van der Waals surface area contributed by atoms with E-state index in [2.05, 4.69) is 4.74 Å². The lowest BCUT2D eigenvalue weighted by Crippen LogP contribution is -2.19. The quantitative estimate of drug-likeness (QED) is 0.632. The lowest BCUT2D eigenvalue weighted by Gasteiger charge is -2.12. The first-order valence-electron chi connectivity index (χ1n) is 4.51. The summed E-state index contributed by atoms with van der Waals surface area (Å²) in [6, 6.07) is 0. The highest BCUT2D eigenvalue weighted by Crippen LogP contribution is 2.15. The van der Waals surface area contributed by atoms with E-state index in [0.717, 1.165) is 0 Å². The van der Waals surface area contributed by atoms with Gasteiger partial charge >= 0.3 is 6.18 Å². The fourth-order valence-electron chi connectivity index (χ4n) is 1.11. The maximum atomic E-state index is 11.6. The zero-order valence-corrected chi connectivity index (χ0v) is 8.36. The number of ketones is 1. The molecule has 0 aromatic rings. The minimum absolute atomic E-state index is 0.00288. The van der Waals surface area contributed by atoms with Crippen molar-refractivity contribution < 1.29 is 22.7 Å². The molecule has 0 fully saturated rings. The molecule has 0 heterocycles. The Balaban J connectivity index is 3.58. The highest BCUT2D eigenvalue weighted by Gasteiger charge is 2.27. The molecule has 0 bridgehead atoms. The topological polar surface area (TPSA) is 26.3 Å².